The molecule has 2 unspecified atom stereocenters. The van der Waals surface area contributed by atoms with Gasteiger partial charge in [-0.1, -0.05) is 6.92 Å². The number of hydrogen-bond donors (Lipinski definition) is 2. The van der Waals surface area contributed by atoms with Crippen LogP contribution in [0.25, 0.3) is 0 Å². The van der Waals surface area contributed by atoms with E-state index < -0.39 is 9.84 Å². The maximum absolute atomic E-state index is 11.0. The number of nitrogens with one attached hydrogen (secondary N) is 1. The first-order chi connectivity index (χ1) is 6.85. The van der Waals surface area contributed by atoms with Gasteiger partial charge in [-0.05, 0) is 32.2 Å². The average molecular weight is 237 g/mol. The van der Waals surface area contributed by atoms with Crippen LogP contribution in [-0.2, 0) is 9.84 Å². The molecular weight excluding hydrogens is 214 g/mol. The fraction of sp³-hybridized carbons (Fsp3) is 1.00. The quantitative estimate of drug-likeness (QED) is 0.600. The summed E-state index contributed by atoms with van der Waals surface area (Å²) in [4.78, 5) is 0. The van der Waals surface area contributed by atoms with E-state index in [1.54, 1.807) is 0 Å². The molecule has 0 spiro atoms. The highest BCUT2D eigenvalue weighted by Gasteiger charge is 2.09. The van der Waals surface area contributed by atoms with Gasteiger partial charge in [-0.2, -0.15) is 0 Å². The first-order valence-electron chi connectivity index (χ1n) is 5.37. The van der Waals surface area contributed by atoms with E-state index in [1.165, 1.54) is 6.26 Å². The fourth-order valence-corrected chi connectivity index (χ4v) is 2.43. The Kier molecular flexibility index (Phi) is 7.13. The normalized spacial score (nSPS) is 16.3. The standard InChI is InChI=1S/C10H23NO3S/c1-9(7-12)5-4-6-11-10(2)8-15(3,13)14/h9-12H,4-8H2,1-3H3. The summed E-state index contributed by atoms with van der Waals surface area (Å²) < 4.78 is 21.9. The molecule has 0 saturated carbocycles. The lowest BCUT2D eigenvalue weighted by atomic mass is 10.1. The second-order valence-corrected chi connectivity index (χ2v) is 6.56. The van der Waals surface area contributed by atoms with Gasteiger partial charge < -0.3 is 10.4 Å². The van der Waals surface area contributed by atoms with Gasteiger partial charge in [0.15, 0.2) is 0 Å². The molecule has 2 N–H and O–H groups in total. The Balaban J connectivity index is 3.52. The van der Waals surface area contributed by atoms with Gasteiger partial charge >= 0.3 is 0 Å². The van der Waals surface area contributed by atoms with E-state index in [4.69, 9.17) is 5.11 Å². The predicted molar refractivity (Wildman–Crippen MR) is 62.7 cm³/mol. The molecule has 0 heterocycles. The molecule has 0 aromatic rings. The molecule has 92 valence electrons. The third-order valence-corrected chi connectivity index (χ3v) is 3.34. The fourth-order valence-electron chi connectivity index (χ4n) is 1.40. The molecule has 0 radical (unpaired) electrons. The van der Waals surface area contributed by atoms with Crippen LogP contribution < -0.4 is 5.32 Å². The van der Waals surface area contributed by atoms with Crippen LogP contribution in [0.3, 0.4) is 0 Å². The molecule has 0 aromatic heterocycles. The average Bonchev–Trinajstić information content (AvgIpc) is 2.09. The topological polar surface area (TPSA) is 66.4 Å². The van der Waals surface area contributed by atoms with Crippen molar-refractivity contribution in [3.05, 3.63) is 0 Å². The van der Waals surface area contributed by atoms with Crippen LogP contribution in [0.1, 0.15) is 26.7 Å². The van der Waals surface area contributed by atoms with Crippen molar-refractivity contribution in [1.29, 1.82) is 0 Å². The minimum absolute atomic E-state index is 0.00410. The molecule has 15 heavy (non-hydrogen) atoms. The molecular formula is C10H23NO3S. The lowest BCUT2D eigenvalue weighted by Gasteiger charge is -2.13. The SMILES string of the molecule is CC(CO)CCCNC(C)CS(C)(=O)=O. The molecule has 0 aliphatic heterocycles. The molecule has 4 nitrogen and oxygen atoms in total. The highest BCUT2D eigenvalue weighted by molar-refractivity contribution is 7.90. The highest BCUT2D eigenvalue weighted by Crippen LogP contribution is 2.03. The maximum Gasteiger partial charge on any atom is 0.148 e. The van der Waals surface area contributed by atoms with Crippen molar-refractivity contribution in [2.45, 2.75) is 32.7 Å². The number of aliphatic hydroxyl groups excluding tert-OH is 1. The number of aliphatic hydroxyl groups is 1. The Labute approximate surface area is 93.0 Å². The van der Waals surface area contributed by atoms with Gasteiger partial charge in [0, 0.05) is 18.9 Å². The predicted octanol–water partition coefficient (Wildman–Crippen LogP) is 0.418. The van der Waals surface area contributed by atoms with E-state index >= 15 is 0 Å². The van der Waals surface area contributed by atoms with Crippen molar-refractivity contribution in [1.82, 2.24) is 5.32 Å². The molecule has 2 atom stereocenters. The minimum atomic E-state index is -2.88. The molecule has 0 bridgehead atoms. The molecule has 0 fully saturated rings. The smallest absolute Gasteiger partial charge is 0.148 e. The molecule has 0 saturated heterocycles. The van der Waals surface area contributed by atoms with Crippen molar-refractivity contribution in [2.24, 2.45) is 5.92 Å². The molecule has 0 aliphatic carbocycles. The van der Waals surface area contributed by atoms with E-state index in [2.05, 4.69) is 5.32 Å². The van der Waals surface area contributed by atoms with Crippen LogP contribution in [-0.4, -0.2) is 44.7 Å². The van der Waals surface area contributed by atoms with Crippen LogP contribution >= 0.6 is 0 Å². The Bertz CT molecular complexity index is 251. The molecule has 0 aromatic carbocycles. The van der Waals surface area contributed by atoms with Crippen molar-refractivity contribution >= 4 is 9.84 Å². The summed E-state index contributed by atoms with van der Waals surface area (Å²) in [5.74, 6) is 0.514. The second kappa shape index (κ2) is 7.19. The monoisotopic (exact) mass is 237 g/mol. The third kappa shape index (κ3) is 10.2. The van der Waals surface area contributed by atoms with E-state index in [-0.39, 0.29) is 18.4 Å². The molecule has 0 rings (SSSR count). The molecule has 5 heteroatoms. The van der Waals surface area contributed by atoms with Crippen molar-refractivity contribution in [3.8, 4) is 0 Å². The van der Waals surface area contributed by atoms with Crippen LogP contribution in [0, 0.1) is 5.92 Å². The van der Waals surface area contributed by atoms with Crippen LogP contribution in [0.2, 0.25) is 0 Å². The zero-order valence-corrected chi connectivity index (χ0v) is 10.7. The number of rotatable bonds is 8. The van der Waals surface area contributed by atoms with Crippen molar-refractivity contribution < 1.29 is 13.5 Å². The van der Waals surface area contributed by atoms with Crippen LogP contribution in [0.15, 0.2) is 0 Å². The van der Waals surface area contributed by atoms with E-state index in [0.717, 1.165) is 19.4 Å². The van der Waals surface area contributed by atoms with Gasteiger partial charge in [0.1, 0.15) is 9.84 Å². The third-order valence-electron chi connectivity index (χ3n) is 2.23. The number of hydrogen-bond acceptors (Lipinski definition) is 4. The first-order valence-corrected chi connectivity index (χ1v) is 7.43. The summed E-state index contributed by atoms with van der Waals surface area (Å²) in [5.41, 5.74) is 0. The lowest BCUT2D eigenvalue weighted by molar-refractivity contribution is 0.228. The van der Waals surface area contributed by atoms with Crippen LogP contribution in [0.5, 0.6) is 0 Å². The van der Waals surface area contributed by atoms with Gasteiger partial charge in [0.25, 0.3) is 0 Å². The minimum Gasteiger partial charge on any atom is -0.396 e. The lowest BCUT2D eigenvalue weighted by Crippen LogP contribution is -2.33. The first kappa shape index (κ1) is 14.9. The van der Waals surface area contributed by atoms with Crippen molar-refractivity contribution in [3.63, 3.8) is 0 Å². The summed E-state index contributed by atoms with van der Waals surface area (Å²) in [5, 5.41) is 12.0. The van der Waals surface area contributed by atoms with E-state index in [9.17, 15) is 8.42 Å². The zero-order valence-electron chi connectivity index (χ0n) is 9.86. The maximum atomic E-state index is 11.0. The summed E-state index contributed by atoms with van der Waals surface area (Å²) in [7, 11) is -2.88. The van der Waals surface area contributed by atoms with Gasteiger partial charge in [-0.15, -0.1) is 0 Å². The summed E-state index contributed by atoms with van der Waals surface area (Å²) in [6.45, 7) is 4.90. The summed E-state index contributed by atoms with van der Waals surface area (Å²) in [6, 6.07) is 0.00410. The Morgan fingerprint density at radius 3 is 2.40 bits per heavy atom. The second-order valence-electron chi connectivity index (χ2n) is 4.38. The van der Waals surface area contributed by atoms with Gasteiger partial charge in [0.2, 0.25) is 0 Å². The Hall–Kier alpha value is -0.130. The van der Waals surface area contributed by atoms with E-state index in [0.29, 0.717) is 5.92 Å². The van der Waals surface area contributed by atoms with Crippen LogP contribution in [0.4, 0.5) is 0 Å². The number of sulfone groups is 1. The highest BCUT2D eigenvalue weighted by atomic mass is 32.2. The zero-order chi connectivity index (χ0) is 11.9. The Morgan fingerprint density at radius 1 is 1.33 bits per heavy atom. The van der Waals surface area contributed by atoms with Gasteiger partial charge in [-0.3, -0.25) is 0 Å². The molecule has 0 amide bonds. The van der Waals surface area contributed by atoms with Gasteiger partial charge in [0.05, 0.1) is 5.75 Å². The summed E-state index contributed by atoms with van der Waals surface area (Å²) >= 11 is 0. The van der Waals surface area contributed by atoms with Crippen molar-refractivity contribution in [2.75, 3.05) is 25.2 Å². The van der Waals surface area contributed by atoms with E-state index in [1.807, 2.05) is 13.8 Å². The molecule has 0 aliphatic rings. The largest absolute Gasteiger partial charge is 0.396 e. The van der Waals surface area contributed by atoms with Gasteiger partial charge in [-0.25, -0.2) is 8.42 Å². The summed E-state index contributed by atoms with van der Waals surface area (Å²) in [6.07, 6.45) is 3.18. The Morgan fingerprint density at radius 2 is 1.93 bits per heavy atom.